The van der Waals surface area contributed by atoms with Crippen molar-refractivity contribution >= 4 is 5.95 Å². The number of rotatable bonds is 1. The number of aliphatic hydroxyl groups is 1. The predicted octanol–water partition coefficient (Wildman–Crippen LogP) is 1.70. The van der Waals surface area contributed by atoms with E-state index in [0.29, 0.717) is 13.0 Å². The molecule has 1 aliphatic heterocycles. The van der Waals surface area contributed by atoms with Gasteiger partial charge in [0.25, 0.3) is 0 Å². The van der Waals surface area contributed by atoms with Crippen molar-refractivity contribution in [3.8, 4) is 0 Å². The van der Waals surface area contributed by atoms with E-state index in [1.807, 2.05) is 6.92 Å². The van der Waals surface area contributed by atoms with Gasteiger partial charge >= 0.3 is 6.18 Å². The van der Waals surface area contributed by atoms with Gasteiger partial charge in [-0.3, -0.25) is 0 Å². The molecule has 0 aromatic carbocycles. The van der Waals surface area contributed by atoms with Crippen molar-refractivity contribution in [1.29, 1.82) is 0 Å². The minimum Gasteiger partial charge on any atom is -0.391 e. The minimum atomic E-state index is -4.47. The zero-order valence-corrected chi connectivity index (χ0v) is 9.85. The lowest BCUT2D eigenvalue weighted by atomic mass is 9.96. The van der Waals surface area contributed by atoms with Crippen LogP contribution in [0, 0.1) is 5.92 Å². The van der Waals surface area contributed by atoms with Crippen LogP contribution in [0.1, 0.15) is 19.0 Å². The summed E-state index contributed by atoms with van der Waals surface area (Å²) in [4.78, 5) is 8.93. The average molecular weight is 261 g/mol. The SMILES string of the molecule is CC1CCN(c2nccc(C(F)(F)F)n2)CC1O. The van der Waals surface area contributed by atoms with Gasteiger partial charge in [-0.25, -0.2) is 9.97 Å². The lowest BCUT2D eigenvalue weighted by Crippen LogP contribution is -2.43. The molecule has 7 heteroatoms. The topological polar surface area (TPSA) is 49.2 Å². The number of anilines is 1. The van der Waals surface area contributed by atoms with E-state index in [2.05, 4.69) is 9.97 Å². The Morgan fingerprint density at radius 1 is 1.44 bits per heavy atom. The standard InChI is InChI=1S/C11H14F3N3O/c1-7-3-5-17(6-8(7)18)10-15-4-2-9(16-10)11(12,13)14/h2,4,7-8,18H,3,5-6H2,1H3. The number of β-amino-alcohol motifs (C(OH)–C–C–N with tert-alkyl or cyclic N) is 1. The molecule has 0 radical (unpaired) electrons. The van der Waals surface area contributed by atoms with E-state index in [1.165, 1.54) is 0 Å². The van der Waals surface area contributed by atoms with Gasteiger partial charge in [0.2, 0.25) is 5.95 Å². The molecule has 1 aromatic heterocycles. The van der Waals surface area contributed by atoms with E-state index in [-0.39, 0.29) is 18.4 Å². The molecule has 0 aliphatic carbocycles. The smallest absolute Gasteiger partial charge is 0.391 e. The Morgan fingerprint density at radius 2 is 2.17 bits per heavy atom. The Hall–Kier alpha value is -1.37. The van der Waals surface area contributed by atoms with E-state index in [9.17, 15) is 18.3 Å². The number of aromatic nitrogens is 2. The third-order valence-corrected chi connectivity index (χ3v) is 3.13. The van der Waals surface area contributed by atoms with Gasteiger partial charge in [-0.05, 0) is 18.4 Å². The van der Waals surface area contributed by atoms with Crippen LogP contribution < -0.4 is 4.90 Å². The van der Waals surface area contributed by atoms with Gasteiger partial charge in [-0.1, -0.05) is 6.92 Å². The zero-order chi connectivity index (χ0) is 13.3. The van der Waals surface area contributed by atoms with Crippen molar-refractivity contribution in [3.05, 3.63) is 18.0 Å². The van der Waals surface area contributed by atoms with E-state index >= 15 is 0 Å². The summed E-state index contributed by atoms with van der Waals surface area (Å²) in [6.45, 7) is 2.73. The fourth-order valence-corrected chi connectivity index (χ4v) is 1.89. The monoisotopic (exact) mass is 261 g/mol. The van der Waals surface area contributed by atoms with E-state index < -0.39 is 18.0 Å². The molecule has 0 saturated carbocycles. The van der Waals surface area contributed by atoms with Crippen LogP contribution in [0.3, 0.4) is 0 Å². The molecule has 1 aliphatic rings. The molecule has 1 aromatic rings. The largest absolute Gasteiger partial charge is 0.433 e. The first kappa shape index (κ1) is 13.1. The Labute approximate surface area is 102 Å². The number of hydrogen-bond donors (Lipinski definition) is 1. The summed E-state index contributed by atoms with van der Waals surface area (Å²) >= 11 is 0. The van der Waals surface area contributed by atoms with Gasteiger partial charge < -0.3 is 10.0 Å². The van der Waals surface area contributed by atoms with Gasteiger partial charge in [-0.2, -0.15) is 13.2 Å². The Bertz CT molecular complexity index is 424. The highest BCUT2D eigenvalue weighted by Gasteiger charge is 2.34. The number of halogens is 3. The number of nitrogens with zero attached hydrogens (tertiary/aromatic N) is 3. The lowest BCUT2D eigenvalue weighted by Gasteiger charge is -2.34. The second-order valence-electron chi connectivity index (χ2n) is 4.52. The first-order chi connectivity index (χ1) is 8.38. The maximum atomic E-state index is 12.5. The molecule has 1 N–H and O–H groups in total. The molecular weight excluding hydrogens is 247 g/mol. The summed E-state index contributed by atoms with van der Waals surface area (Å²) < 4.78 is 37.5. The lowest BCUT2D eigenvalue weighted by molar-refractivity contribution is -0.141. The second kappa shape index (κ2) is 4.72. The third-order valence-electron chi connectivity index (χ3n) is 3.13. The quantitative estimate of drug-likeness (QED) is 0.836. The van der Waals surface area contributed by atoms with E-state index in [4.69, 9.17) is 0 Å². The third kappa shape index (κ3) is 2.72. The summed E-state index contributed by atoms with van der Waals surface area (Å²) in [5, 5.41) is 9.72. The number of aliphatic hydroxyl groups excluding tert-OH is 1. The molecule has 2 unspecified atom stereocenters. The van der Waals surface area contributed by atoms with Crippen LogP contribution in [0.2, 0.25) is 0 Å². The molecule has 1 saturated heterocycles. The van der Waals surface area contributed by atoms with Crippen LogP contribution in [-0.4, -0.2) is 34.3 Å². The number of piperidine rings is 1. The maximum absolute atomic E-state index is 12.5. The van der Waals surface area contributed by atoms with Gasteiger partial charge in [0.15, 0.2) is 0 Å². The maximum Gasteiger partial charge on any atom is 0.433 e. The number of hydrogen-bond acceptors (Lipinski definition) is 4. The van der Waals surface area contributed by atoms with Crippen LogP contribution in [-0.2, 0) is 6.18 Å². The predicted molar refractivity (Wildman–Crippen MR) is 59.0 cm³/mol. The van der Waals surface area contributed by atoms with Crippen LogP contribution in [0.5, 0.6) is 0 Å². The van der Waals surface area contributed by atoms with Crippen LogP contribution in [0.4, 0.5) is 19.1 Å². The van der Waals surface area contributed by atoms with Crippen molar-refractivity contribution in [3.63, 3.8) is 0 Å². The molecule has 0 spiro atoms. The summed E-state index contributed by atoms with van der Waals surface area (Å²) in [6, 6.07) is 0.840. The molecule has 0 bridgehead atoms. The van der Waals surface area contributed by atoms with E-state index in [1.54, 1.807) is 4.90 Å². The number of alkyl halides is 3. The van der Waals surface area contributed by atoms with Crippen molar-refractivity contribution < 1.29 is 18.3 Å². The Balaban J connectivity index is 2.19. The second-order valence-corrected chi connectivity index (χ2v) is 4.52. The minimum absolute atomic E-state index is 0.0239. The van der Waals surface area contributed by atoms with Crippen molar-refractivity contribution in [2.24, 2.45) is 5.92 Å². The van der Waals surface area contributed by atoms with Crippen LogP contribution >= 0.6 is 0 Å². The Kier molecular flexibility index (Phi) is 3.43. The molecule has 1 fully saturated rings. The van der Waals surface area contributed by atoms with Crippen molar-refractivity contribution in [1.82, 2.24) is 9.97 Å². The fraction of sp³-hybridized carbons (Fsp3) is 0.636. The van der Waals surface area contributed by atoms with Crippen molar-refractivity contribution in [2.45, 2.75) is 25.6 Å². The van der Waals surface area contributed by atoms with Crippen LogP contribution in [0.25, 0.3) is 0 Å². The highest BCUT2D eigenvalue weighted by atomic mass is 19.4. The van der Waals surface area contributed by atoms with Gasteiger partial charge in [0.05, 0.1) is 6.10 Å². The molecule has 18 heavy (non-hydrogen) atoms. The molecular formula is C11H14F3N3O. The molecule has 0 amide bonds. The van der Waals surface area contributed by atoms with Crippen molar-refractivity contribution in [2.75, 3.05) is 18.0 Å². The summed E-state index contributed by atoms with van der Waals surface area (Å²) in [7, 11) is 0. The van der Waals surface area contributed by atoms with E-state index in [0.717, 1.165) is 12.3 Å². The fourth-order valence-electron chi connectivity index (χ4n) is 1.89. The normalized spacial score (nSPS) is 25.3. The molecule has 2 rings (SSSR count). The average Bonchev–Trinajstić information content (AvgIpc) is 2.32. The summed E-state index contributed by atoms with van der Waals surface area (Å²) in [5.74, 6) is 0.169. The zero-order valence-electron chi connectivity index (χ0n) is 9.85. The highest BCUT2D eigenvalue weighted by Crippen LogP contribution is 2.29. The molecule has 2 heterocycles. The van der Waals surface area contributed by atoms with Crippen LogP contribution in [0.15, 0.2) is 12.3 Å². The van der Waals surface area contributed by atoms with Gasteiger partial charge in [-0.15, -0.1) is 0 Å². The Morgan fingerprint density at radius 3 is 2.78 bits per heavy atom. The first-order valence-electron chi connectivity index (χ1n) is 5.71. The van der Waals surface area contributed by atoms with Gasteiger partial charge in [0, 0.05) is 19.3 Å². The highest BCUT2D eigenvalue weighted by molar-refractivity contribution is 5.32. The van der Waals surface area contributed by atoms with Gasteiger partial charge in [0.1, 0.15) is 5.69 Å². The summed E-state index contributed by atoms with van der Waals surface area (Å²) in [5.41, 5.74) is -0.958. The first-order valence-corrected chi connectivity index (χ1v) is 5.71. The molecule has 100 valence electrons. The summed E-state index contributed by atoms with van der Waals surface area (Å²) in [6.07, 6.45) is -3.23. The molecule has 2 atom stereocenters. The molecule has 4 nitrogen and oxygen atoms in total.